The van der Waals surface area contributed by atoms with Gasteiger partial charge in [-0.15, -0.1) is 0 Å². The number of fused-ring (bicyclic) bond motifs is 1. The molecule has 2 heterocycles. The lowest BCUT2D eigenvalue weighted by Gasteiger charge is -2.28. The van der Waals surface area contributed by atoms with Gasteiger partial charge in [0, 0.05) is 18.7 Å². The van der Waals surface area contributed by atoms with E-state index in [9.17, 15) is 4.79 Å². The minimum absolute atomic E-state index is 0.0381. The number of hydrogen-bond acceptors (Lipinski definition) is 3. The van der Waals surface area contributed by atoms with Gasteiger partial charge >= 0.3 is 0 Å². The Morgan fingerprint density at radius 3 is 2.68 bits per heavy atom. The smallest absolute Gasteiger partial charge is 0.276 e. The molecule has 1 aliphatic rings. The molecule has 1 amide bonds. The highest BCUT2D eigenvalue weighted by atomic mass is 16.5. The number of hydrogen-bond donors (Lipinski definition) is 0. The van der Waals surface area contributed by atoms with Crippen molar-refractivity contribution in [2.75, 3.05) is 6.54 Å². The van der Waals surface area contributed by atoms with E-state index in [1.807, 2.05) is 30.9 Å². The van der Waals surface area contributed by atoms with Crippen LogP contribution in [0.15, 0.2) is 28.8 Å². The molecule has 0 fully saturated rings. The highest BCUT2D eigenvalue weighted by Crippen LogP contribution is 2.21. The number of amides is 1. The third kappa shape index (κ3) is 2.03. The van der Waals surface area contributed by atoms with Crippen molar-refractivity contribution in [2.45, 2.75) is 26.8 Å². The molecule has 0 unspecified atom stereocenters. The Kier molecular flexibility index (Phi) is 2.85. The number of carbonyl (C=O) groups excluding carboxylic acids is 1. The molecule has 0 saturated heterocycles. The molecule has 19 heavy (non-hydrogen) atoms. The second-order valence-electron chi connectivity index (χ2n) is 4.96. The molecule has 0 N–H and O–H groups in total. The summed E-state index contributed by atoms with van der Waals surface area (Å²) in [6.07, 6.45) is 0.901. The van der Waals surface area contributed by atoms with Crippen molar-refractivity contribution in [3.05, 3.63) is 52.4 Å². The molecule has 3 rings (SSSR count). The first-order valence-corrected chi connectivity index (χ1v) is 6.45. The van der Waals surface area contributed by atoms with E-state index in [1.165, 1.54) is 11.1 Å². The number of benzene rings is 1. The first-order chi connectivity index (χ1) is 9.16. The average molecular weight is 256 g/mol. The number of nitrogens with zero attached hydrogens (tertiary/aromatic N) is 2. The second kappa shape index (κ2) is 4.53. The highest BCUT2D eigenvalue weighted by Gasteiger charge is 2.25. The van der Waals surface area contributed by atoms with E-state index in [2.05, 4.69) is 17.3 Å². The van der Waals surface area contributed by atoms with Crippen LogP contribution in [0, 0.1) is 13.8 Å². The summed E-state index contributed by atoms with van der Waals surface area (Å²) in [7, 11) is 0. The van der Waals surface area contributed by atoms with Crippen LogP contribution >= 0.6 is 0 Å². The van der Waals surface area contributed by atoms with Gasteiger partial charge in [-0.05, 0) is 31.4 Å². The van der Waals surface area contributed by atoms with Crippen molar-refractivity contribution in [3.63, 3.8) is 0 Å². The summed E-state index contributed by atoms with van der Waals surface area (Å²) >= 11 is 0. The van der Waals surface area contributed by atoms with Gasteiger partial charge in [-0.1, -0.05) is 29.4 Å². The minimum atomic E-state index is -0.0381. The minimum Gasteiger partial charge on any atom is -0.361 e. The van der Waals surface area contributed by atoms with Gasteiger partial charge in [-0.3, -0.25) is 4.79 Å². The lowest BCUT2D eigenvalue weighted by atomic mass is 9.99. The molecule has 2 aromatic rings. The first-order valence-electron chi connectivity index (χ1n) is 6.45. The van der Waals surface area contributed by atoms with Gasteiger partial charge in [-0.25, -0.2) is 0 Å². The molecule has 0 atom stereocenters. The Balaban J connectivity index is 1.85. The van der Waals surface area contributed by atoms with Gasteiger partial charge in [0.25, 0.3) is 5.91 Å². The summed E-state index contributed by atoms with van der Waals surface area (Å²) in [5.41, 5.74) is 3.83. The summed E-state index contributed by atoms with van der Waals surface area (Å²) < 4.78 is 5.08. The van der Waals surface area contributed by atoms with Gasteiger partial charge in [0.05, 0.1) is 0 Å². The number of aromatic nitrogens is 1. The zero-order valence-corrected chi connectivity index (χ0v) is 11.1. The Morgan fingerprint density at radius 1 is 1.26 bits per heavy atom. The summed E-state index contributed by atoms with van der Waals surface area (Å²) in [6, 6.07) is 8.26. The van der Waals surface area contributed by atoms with Crippen molar-refractivity contribution in [1.82, 2.24) is 10.1 Å². The maximum absolute atomic E-state index is 12.4. The Bertz CT molecular complexity index is 631. The van der Waals surface area contributed by atoms with E-state index >= 15 is 0 Å². The number of aryl methyl sites for hydroxylation is 1. The quantitative estimate of drug-likeness (QED) is 0.787. The van der Waals surface area contributed by atoms with Crippen molar-refractivity contribution in [1.29, 1.82) is 0 Å². The van der Waals surface area contributed by atoms with E-state index in [1.54, 1.807) is 0 Å². The fraction of sp³-hybridized carbons (Fsp3) is 0.333. The van der Waals surface area contributed by atoms with Crippen LogP contribution < -0.4 is 0 Å². The van der Waals surface area contributed by atoms with Crippen LogP contribution in [0.5, 0.6) is 0 Å². The number of carbonyl (C=O) groups is 1. The molecule has 0 bridgehead atoms. The van der Waals surface area contributed by atoms with Crippen LogP contribution in [-0.2, 0) is 13.0 Å². The molecule has 0 radical (unpaired) electrons. The topological polar surface area (TPSA) is 46.3 Å². The third-order valence-corrected chi connectivity index (χ3v) is 3.78. The van der Waals surface area contributed by atoms with E-state index in [4.69, 9.17) is 4.52 Å². The Hall–Kier alpha value is -2.10. The summed E-state index contributed by atoms with van der Waals surface area (Å²) in [5.74, 6) is 0.671. The summed E-state index contributed by atoms with van der Waals surface area (Å²) in [5, 5.41) is 3.88. The van der Waals surface area contributed by atoms with Gasteiger partial charge in [0.1, 0.15) is 5.76 Å². The van der Waals surface area contributed by atoms with Crippen LogP contribution in [0.3, 0.4) is 0 Å². The van der Waals surface area contributed by atoms with Crippen LogP contribution in [0.1, 0.15) is 32.9 Å². The van der Waals surface area contributed by atoms with E-state index in [-0.39, 0.29) is 5.91 Å². The van der Waals surface area contributed by atoms with Crippen molar-refractivity contribution in [2.24, 2.45) is 0 Å². The second-order valence-corrected chi connectivity index (χ2v) is 4.96. The Morgan fingerprint density at radius 2 is 2.00 bits per heavy atom. The zero-order valence-electron chi connectivity index (χ0n) is 11.1. The molecule has 1 aromatic heterocycles. The third-order valence-electron chi connectivity index (χ3n) is 3.78. The molecule has 1 aliphatic heterocycles. The normalized spacial score (nSPS) is 14.3. The van der Waals surface area contributed by atoms with Crippen molar-refractivity contribution >= 4 is 5.91 Å². The van der Waals surface area contributed by atoms with Crippen LogP contribution in [-0.4, -0.2) is 22.5 Å². The van der Waals surface area contributed by atoms with Gasteiger partial charge in [0.15, 0.2) is 5.69 Å². The van der Waals surface area contributed by atoms with Gasteiger partial charge in [-0.2, -0.15) is 0 Å². The lowest BCUT2D eigenvalue weighted by Crippen LogP contribution is -2.36. The zero-order chi connectivity index (χ0) is 13.4. The van der Waals surface area contributed by atoms with Crippen LogP contribution in [0.4, 0.5) is 0 Å². The standard InChI is InChI=1S/C15H16N2O2/c1-10-11(2)19-16-14(10)15(18)17-8-7-12-5-3-4-6-13(12)9-17/h3-6H,7-9H2,1-2H3. The molecular formula is C15H16N2O2. The van der Waals surface area contributed by atoms with E-state index < -0.39 is 0 Å². The molecule has 4 nitrogen and oxygen atoms in total. The summed E-state index contributed by atoms with van der Waals surface area (Å²) in [4.78, 5) is 14.3. The van der Waals surface area contributed by atoms with Gasteiger partial charge < -0.3 is 9.42 Å². The maximum atomic E-state index is 12.4. The number of rotatable bonds is 1. The lowest BCUT2D eigenvalue weighted by molar-refractivity contribution is 0.0723. The fourth-order valence-electron chi connectivity index (χ4n) is 2.44. The molecular weight excluding hydrogens is 240 g/mol. The van der Waals surface area contributed by atoms with Crippen LogP contribution in [0.2, 0.25) is 0 Å². The van der Waals surface area contributed by atoms with Crippen molar-refractivity contribution in [3.8, 4) is 0 Å². The average Bonchev–Trinajstić information content (AvgIpc) is 2.78. The maximum Gasteiger partial charge on any atom is 0.276 e. The monoisotopic (exact) mass is 256 g/mol. The van der Waals surface area contributed by atoms with Crippen LogP contribution in [0.25, 0.3) is 0 Å². The summed E-state index contributed by atoms with van der Waals surface area (Å²) in [6.45, 7) is 5.09. The molecule has 98 valence electrons. The highest BCUT2D eigenvalue weighted by molar-refractivity contribution is 5.93. The predicted octanol–water partition coefficient (Wildman–Crippen LogP) is 2.49. The van der Waals surface area contributed by atoms with E-state index in [0.717, 1.165) is 18.5 Å². The Labute approximate surface area is 112 Å². The van der Waals surface area contributed by atoms with Crippen molar-refractivity contribution < 1.29 is 9.32 Å². The van der Waals surface area contributed by atoms with Gasteiger partial charge in [0.2, 0.25) is 0 Å². The molecule has 0 aliphatic carbocycles. The molecule has 0 spiro atoms. The fourth-order valence-corrected chi connectivity index (χ4v) is 2.44. The largest absolute Gasteiger partial charge is 0.361 e. The predicted molar refractivity (Wildman–Crippen MR) is 70.9 cm³/mol. The van der Waals surface area contributed by atoms with E-state index in [0.29, 0.717) is 18.0 Å². The molecule has 0 saturated carbocycles. The first kappa shape index (κ1) is 12.0. The SMILES string of the molecule is Cc1onc(C(=O)N2CCc3ccccc3C2)c1C. The molecule has 1 aromatic carbocycles. The molecule has 4 heteroatoms.